The van der Waals surface area contributed by atoms with Crippen LogP contribution in [0.1, 0.15) is 124 Å². The van der Waals surface area contributed by atoms with E-state index in [4.69, 9.17) is 5.73 Å². The van der Waals surface area contributed by atoms with Crippen LogP contribution in [0.25, 0.3) is 0 Å². The maximum absolute atomic E-state index is 13.5. The second-order valence-corrected chi connectivity index (χ2v) is 23.4. The number of rotatable bonds is 29. The van der Waals surface area contributed by atoms with Gasteiger partial charge in [0.05, 0.1) is 40.0 Å². The number of anilines is 7. The van der Waals surface area contributed by atoms with Crippen molar-refractivity contribution in [2.75, 3.05) is 77.0 Å². The number of amides is 10. The van der Waals surface area contributed by atoms with Crippen molar-refractivity contribution in [1.82, 2.24) is 72.3 Å². The van der Waals surface area contributed by atoms with Crippen LogP contribution >= 0.6 is 0 Å². The summed E-state index contributed by atoms with van der Waals surface area (Å²) in [6.07, 6.45) is 15.0. The van der Waals surface area contributed by atoms with Gasteiger partial charge < -0.3 is 105 Å². The molecule has 35 nitrogen and oxygen atoms in total. The highest BCUT2D eigenvalue weighted by Crippen LogP contribution is 2.23. The van der Waals surface area contributed by atoms with Gasteiger partial charge in [0, 0.05) is 137 Å². The number of aromatic carboxylic acids is 1. The molecule has 0 unspecified atom stereocenters. The number of imidazole rings is 3. The van der Waals surface area contributed by atoms with Crippen molar-refractivity contribution >= 4 is 105 Å². The smallest absolute Gasteiger partial charge is 0.335 e. The molecule has 8 aromatic heterocycles. The first kappa shape index (κ1) is 70.7. The monoisotopic (exact) mass is 1360 g/mol. The molecule has 13 N–H and O–H groups in total. The molecule has 9 aromatic rings. The fraction of sp³-hybridized carbons (Fsp3) is 0.281. The number of carboxylic acid groups (broad SMARTS) is 1. The van der Waals surface area contributed by atoms with Gasteiger partial charge in [-0.25, -0.2) is 19.7 Å². The van der Waals surface area contributed by atoms with E-state index < -0.39 is 59.3 Å². The molecular weight excluding hydrogens is 1280 g/mol. The molecule has 518 valence electrons. The van der Waals surface area contributed by atoms with Gasteiger partial charge in [-0.3, -0.25) is 47.9 Å². The Kier molecular flexibility index (Phi) is 22.0. The highest BCUT2D eigenvalue weighted by atomic mass is 16.4. The van der Waals surface area contributed by atoms with Gasteiger partial charge in [-0.05, 0) is 87.9 Å². The summed E-state index contributed by atoms with van der Waals surface area (Å²) in [4.78, 5) is 158. The van der Waals surface area contributed by atoms with Gasteiger partial charge in [0.25, 0.3) is 53.2 Å². The summed E-state index contributed by atoms with van der Waals surface area (Å²) in [6.45, 7) is 2.07. The summed E-state index contributed by atoms with van der Waals surface area (Å²) < 4.78 is 11.9. The lowest BCUT2D eigenvalue weighted by Crippen LogP contribution is -2.39. The Morgan fingerprint density at radius 2 is 0.818 bits per heavy atom. The lowest BCUT2D eigenvalue weighted by Gasteiger charge is -2.17. The maximum Gasteiger partial charge on any atom is 0.335 e. The lowest BCUT2D eigenvalue weighted by atomic mass is 10.1. The Bertz CT molecular complexity index is 4600. The van der Waals surface area contributed by atoms with Crippen LogP contribution in [-0.4, -0.2) is 172 Å². The van der Waals surface area contributed by atoms with Gasteiger partial charge in [-0.15, -0.1) is 0 Å². The number of benzene rings is 1. The molecule has 0 spiro atoms. The zero-order valence-corrected chi connectivity index (χ0v) is 55.5. The highest BCUT2D eigenvalue weighted by molar-refractivity contribution is 6.10. The van der Waals surface area contributed by atoms with Crippen LogP contribution in [0.4, 0.5) is 40.1 Å². The van der Waals surface area contributed by atoms with Crippen molar-refractivity contribution in [2.45, 2.75) is 25.3 Å². The lowest BCUT2D eigenvalue weighted by molar-refractivity contribution is -0.117. The third-order valence-electron chi connectivity index (χ3n) is 15.6. The van der Waals surface area contributed by atoms with E-state index in [1.54, 1.807) is 96.2 Å². The van der Waals surface area contributed by atoms with Gasteiger partial charge in [-0.1, -0.05) is 6.07 Å². The molecule has 0 aliphatic rings. The van der Waals surface area contributed by atoms with Crippen molar-refractivity contribution in [3.8, 4) is 0 Å². The number of hydrogen-bond acceptors (Lipinski definition) is 16. The predicted octanol–water partition coefficient (Wildman–Crippen LogP) is 2.75. The van der Waals surface area contributed by atoms with Crippen LogP contribution in [0.2, 0.25) is 0 Å². The van der Waals surface area contributed by atoms with Crippen LogP contribution in [0, 0.1) is 0 Å². The first-order valence-electron chi connectivity index (χ1n) is 30.8. The molecule has 8 heterocycles. The molecule has 0 saturated heterocycles. The second-order valence-electron chi connectivity index (χ2n) is 23.4. The molecule has 1 aromatic carbocycles. The summed E-state index contributed by atoms with van der Waals surface area (Å²) >= 11 is 0. The van der Waals surface area contributed by atoms with Crippen molar-refractivity contribution in [3.63, 3.8) is 0 Å². The fourth-order valence-electron chi connectivity index (χ4n) is 10.5. The molecule has 1 atom stereocenters. The minimum Gasteiger partial charge on any atom is -0.478 e. The zero-order chi connectivity index (χ0) is 71.5. The van der Waals surface area contributed by atoms with E-state index in [-0.39, 0.29) is 99.2 Å². The Morgan fingerprint density at radius 3 is 1.26 bits per heavy atom. The van der Waals surface area contributed by atoms with Crippen LogP contribution < -0.4 is 58.9 Å². The number of carbonyl (C=O) groups is 11. The van der Waals surface area contributed by atoms with Crippen molar-refractivity contribution in [3.05, 3.63) is 167 Å². The minimum absolute atomic E-state index is 0.00268. The standard InChI is InChI=1S/C64H75N23O12/c1-79(20-11-16-67-54(88)36-13-10-14-37(23-36)64(98)99)21-12-17-68-56(90)44-24-39(30-81(44)3)71-57(91)46-28-42(33-83(46)5)74-63(97)53-76-50(35-87(53)9)78-59(93)47-25-38(29-84(47)6)70-55(89)43(65)15-18-69-61(95)52-75-49(34-86(52)8)77-60(94)48-26-40(31-85(48)7)72-58(92)45-27-41(32-82(45)4)73-62(96)51-66-19-22-80(51)2/h10,13-14,19,22-35,43H,11-12,15-18,20-21,65H2,1-9H3,(H,67,88)(H,68,90)(H,69,95)(H,70,89)(H,71,91)(H,72,92)(H,73,96)(H,74,97)(H,77,94)(H,78,93)(H,98,99)/t43-/m1/s1. The van der Waals surface area contributed by atoms with Gasteiger partial charge >= 0.3 is 5.97 Å². The van der Waals surface area contributed by atoms with E-state index in [1.165, 1.54) is 107 Å². The maximum atomic E-state index is 13.5. The van der Waals surface area contributed by atoms with Crippen LogP contribution in [0.5, 0.6) is 0 Å². The molecule has 99 heavy (non-hydrogen) atoms. The average Bonchev–Trinajstić information content (AvgIpc) is 1.69. The predicted molar refractivity (Wildman–Crippen MR) is 363 cm³/mol. The number of carbonyl (C=O) groups excluding carboxylic acids is 10. The van der Waals surface area contributed by atoms with E-state index in [0.717, 1.165) is 0 Å². The van der Waals surface area contributed by atoms with E-state index >= 15 is 0 Å². The molecule has 0 bridgehead atoms. The van der Waals surface area contributed by atoms with Crippen molar-refractivity contribution in [2.24, 2.45) is 62.1 Å². The molecule has 0 fully saturated rings. The number of hydrogen-bond donors (Lipinski definition) is 12. The average molecular weight is 1360 g/mol. The number of aryl methyl sites for hydroxylation is 8. The van der Waals surface area contributed by atoms with E-state index in [9.17, 15) is 57.8 Å². The third-order valence-corrected chi connectivity index (χ3v) is 15.6. The Balaban J connectivity index is 0.674. The van der Waals surface area contributed by atoms with E-state index in [2.05, 4.69) is 73.0 Å². The Morgan fingerprint density at radius 1 is 0.434 bits per heavy atom. The molecule has 0 aliphatic heterocycles. The molecule has 10 amide bonds. The van der Waals surface area contributed by atoms with E-state index in [0.29, 0.717) is 61.8 Å². The van der Waals surface area contributed by atoms with Gasteiger partial charge in [0.1, 0.15) is 28.5 Å². The largest absolute Gasteiger partial charge is 0.478 e. The summed E-state index contributed by atoms with van der Waals surface area (Å²) in [5, 5.41) is 36.5. The zero-order valence-electron chi connectivity index (χ0n) is 55.5. The van der Waals surface area contributed by atoms with Gasteiger partial charge in [0.2, 0.25) is 17.6 Å². The minimum atomic E-state index is -1.11. The van der Waals surface area contributed by atoms with Gasteiger partial charge in [0.15, 0.2) is 17.5 Å². The Hall–Kier alpha value is -12.7. The van der Waals surface area contributed by atoms with Gasteiger partial charge in [-0.2, -0.15) is 0 Å². The third kappa shape index (κ3) is 17.6. The quantitative estimate of drug-likeness (QED) is 0.0300. The SMILES string of the molecule is CN(CCCNC(=O)c1cccc(C(=O)O)c1)CCCNC(=O)c1cc(NC(=O)c2cc(NC(=O)c3nc(NC(=O)c4cc(NC(=O)[C@H](N)CCNC(=O)c5nc(NC(=O)c6cc(NC(=O)c7cc(NC(=O)c8nccn8C)cn7C)cn6C)cn5C)cn4C)cn3C)cn2C)cn1C. The highest BCUT2D eigenvalue weighted by Gasteiger charge is 2.25. The summed E-state index contributed by atoms with van der Waals surface area (Å²) in [6, 6.07) is 12.1. The molecule has 0 saturated carbocycles. The van der Waals surface area contributed by atoms with E-state index in [1.807, 2.05) is 7.05 Å². The number of aromatic nitrogens is 11. The number of nitrogens with one attached hydrogen (secondary N) is 10. The fourth-order valence-corrected chi connectivity index (χ4v) is 10.5. The van der Waals surface area contributed by atoms with Crippen LogP contribution in [0.3, 0.4) is 0 Å². The Labute approximate surface area is 565 Å². The normalized spacial score (nSPS) is 11.4. The molecule has 9 rings (SSSR count). The molecule has 0 radical (unpaired) electrons. The number of nitrogens with zero attached hydrogens (tertiary/aromatic N) is 12. The number of carboxylic acids is 1. The summed E-state index contributed by atoms with van der Waals surface area (Å²) in [5.41, 5.74) is 9.01. The molecule has 0 aliphatic carbocycles. The number of nitrogens with two attached hydrogens (primary N) is 1. The molecular formula is C64H75N23O12. The first-order chi connectivity index (χ1) is 47.1. The van der Waals surface area contributed by atoms with Crippen molar-refractivity contribution in [1.29, 1.82) is 0 Å². The topological polar surface area (TPSA) is 436 Å². The summed E-state index contributed by atoms with van der Waals surface area (Å²) in [5.74, 6) is -6.27. The van der Waals surface area contributed by atoms with Crippen LogP contribution in [0.15, 0.2) is 110 Å². The molecule has 35 heteroatoms. The van der Waals surface area contributed by atoms with Crippen molar-refractivity contribution < 1.29 is 57.8 Å². The summed E-state index contributed by atoms with van der Waals surface area (Å²) in [7, 11) is 14.8. The first-order valence-corrected chi connectivity index (χ1v) is 30.8. The van der Waals surface area contributed by atoms with Crippen LogP contribution in [-0.2, 0) is 61.2 Å². The second kappa shape index (κ2) is 30.8.